The first kappa shape index (κ1) is 55.7. The van der Waals surface area contributed by atoms with Crippen LogP contribution >= 0.6 is 0 Å². The molecule has 5 aliphatic carbocycles. The zero-order chi connectivity index (χ0) is 58.3. The third-order valence-corrected chi connectivity index (χ3v) is 21.9. The number of nitrogens with zero attached hydrogens (tertiary/aromatic N) is 1. The van der Waals surface area contributed by atoms with Crippen LogP contribution in [0.5, 0.6) is 23.0 Å². The fraction of sp³-hybridized carbons (Fsp3) is 0.459. The van der Waals surface area contributed by atoms with Crippen molar-refractivity contribution in [2.45, 2.75) is 164 Å². The van der Waals surface area contributed by atoms with Crippen LogP contribution in [0.3, 0.4) is 0 Å². The minimum absolute atomic E-state index is 0.0108. The summed E-state index contributed by atoms with van der Waals surface area (Å²) in [6.07, 6.45) is 25.4. The number of aromatic nitrogens is 1. The van der Waals surface area contributed by atoms with E-state index >= 15 is 0 Å². The Balaban J connectivity index is 0.904. The van der Waals surface area contributed by atoms with Crippen LogP contribution < -0.4 is 15.4 Å². The van der Waals surface area contributed by atoms with E-state index in [1.807, 2.05) is 18.2 Å². The Morgan fingerprint density at radius 3 is 2.53 bits per heavy atom. The van der Waals surface area contributed by atoms with Gasteiger partial charge in [0.15, 0.2) is 11.5 Å². The van der Waals surface area contributed by atoms with E-state index in [4.69, 9.17) is 18.9 Å². The molecule has 0 radical (unpaired) electrons. The molecule has 86 heavy (non-hydrogen) atoms. The molecule has 2 fully saturated rings. The molecule has 1 aromatic heterocycles. The first-order chi connectivity index (χ1) is 42.0. The first-order valence-corrected chi connectivity index (χ1v) is 32.1. The predicted molar refractivity (Wildman–Crippen MR) is 331 cm³/mol. The molecule has 12 nitrogen and oxygen atoms in total. The quantitative estimate of drug-likeness (QED) is 0.0396. The maximum absolute atomic E-state index is 12.6. The van der Waals surface area contributed by atoms with Gasteiger partial charge in [0, 0.05) is 83.0 Å². The molecule has 11 aliphatic rings. The topological polar surface area (TPSA) is 167 Å². The molecule has 12 heteroatoms. The number of hydrogen-bond donors (Lipinski definition) is 7. The average Bonchev–Trinajstić information content (AvgIpc) is 0.765. The SMILES string of the molecule is COCNC1C=C2C#C[C@@H](CCc3ccc(O)c(Cc4cccc(O)c4)c3)CC[C@@H]3C=C[C@@H]4O[C@@H]3C[C@H](O)[C@@H]3CCc5c(c(CO)cc(O)c5OCc5cc([C@]67c8c9cccc8CC[C@H]6C6(CCCCC6)OC[C@H]7CC9)cc6cn(cc56)C(=C24)N1)C3. The highest BCUT2D eigenvalue weighted by atomic mass is 16.5. The summed E-state index contributed by atoms with van der Waals surface area (Å²) in [7, 11) is 1.70. The van der Waals surface area contributed by atoms with Gasteiger partial charge in [-0.3, -0.25) is 5.32 Å². The Labute approximate surface area is 504 Å². The number of nitrogens with one attached hydrogen (secondary N) is 2. The van der Waals surface area contributed by atoms with Crippen molar-refractivity contribution in [1.29, 1.82) is 0 Å². The van der Waals surface area contributed by atoms with Gasteiger partial charge >= 0.3 is 0 Å². The second kappa shape index (κ2) is 22.7. The number of aryl methyl sites for hydroxylation is 3. The number of aliphatic hydroxyl groups excluding tert-OH is 2. The second-order valence-electron chi connectivity index (χ2n) is 26.6. The van der Waals surface area contributed by atoms with Crippen molar-refractivity contribution in [3.63, 3.8) is 0 Å². The summed E-state index contributed by atoms with van der Waals surface area (Å²) >= 11 is 0. The van der Waals surface area contributed by atoms with Crippen molar-refractivity contribution in [3.8, 4) is 34.8 Å². The van der Waals surface area contributed by atoms with Gasteiger partial charge in [-0.2, -0.15) is 0 Å². The van der Waals surface area contributed by atoms with Crippen molar-refractivity contribution >= 4 is 16.6 Å². The number of aliphatic hydroxyl groups is 2. The number of aromatic hydroxyl groups is 3. The van der Waals surface area contributed by atoms with E-state index in [0.717, 1.165) is 132 Å². The van der Waals surface area contributed by atoms with Gasteiger partial charge in [0.05, 0.1) is 37.8 Å². The molecule has 1 saturated carbocycles. The van der Waals surface area contributed by atoms with E-state index in [9.17, 15) is 25.5 Å². The van der Waals surface area contributed by atoms with E-state index in [2.05, 4.69) is 94.1 Å². The van der Waals surface area contributed by atoms with E-state index in [-0.39, 0.29) is 71.5 Å². The smallest absolute Gasteiger partial charge is 0.164 e. The van der Waals surface area contributed by atoms with E-state index in [1.54, 1.807) is 36.9 Å². The lowest BCUT2D eigenvalue weighted by Gasteiger charge is -2.63. The summed E-state index contributed by atoms with van der Waals surface area (Å²) in [5.74, 6) is 9.95. The number of phenolic OH excluding ortho intramolecular Hbond substituents is 3. The Bertz CT molecular complexity index is 3770. The molecule has 7 N–H and O–H groups in total. The highest BCUT2D eigenvalue weighted by molar-refractivity contribution is 5.89. The molecule has 1 saturated heterocycles. The van der Waals surface area contributed by atoms with Crippen molar-refractivity contribution < 1.29 is 44.5 Å². The average molecular weight is 1160 g/mol. The number of ether oxygens (including phenoxy) is 4. The Morgan fingerprint density at radius 1 is 0.826 bits per heavy atom. The van der Waals surface area contributed by atoms with Crippen molar-refractivity contribution in [3.05, 3.63) is 182 Å². The number of rotatable bonds is 10. The summed E-state index contributed by atoms with van der Waals surface area (Å²) in [5.41, 5.74) is 13.6. The van der Waals surface area contributed by atoms with Crippen molar-refractivity contribution in [2.75, 3.05) is 20.4 Å². The lowest BCUT2D eigenvalue weighted by atomic mass is 9.45. The van der Waals surface area contributed by atoms with Gasteiger partial charge in [-0.05, 0) is 187 Å². The van der Waals surface area contributed by atoms with Crippen LogP contribution in [-0.2, 0) is 71.4 Å². The second-order valence-corrected chi connectivity index (χ2v) is 26.6. The minimum atomic E-state index is -0.701. The zero-order valence-corrected chi connectivity index (χ0v) is 49.5. The molecule has 17 rings (SSSR count). The lowest BCUT2D eigenvalue weighted by Crippen LogP contribution is -2.64. The molecule has 5 aromatic carbocycles. The molecule has 446 valence electrons. The number of phenols is 3. The number of fused-ring (bicyclic) bond motifs is 7. The summed E-state index contributed by atoms with van der Waals surface area (Å²) in [6.45, 7) is 1.02. The highest BCUT2D eigenvalue weighted by Crippen LogP contribution is 2.64. The molecule has 7 heterocycles. The molecule has 1 spiro atoms. The lowest BCUT2D eigenvalue weighted by molar-refractivity contribution is -0.193. The molecular weight excluding hydrogens is 1070 g/mol. The van der Waals surface area contributed by atoms with E-state index in [0.29, 0.717) is 62.0 Å². The summed E-state index contributed by atoms with van der Waals surface area (Å²) in [4.78, 5) is 0. The van der Waals surface area contributed by atoms with Crippen LogP contribution in [0.25, 0.3) is 16.6 Å². The van der Waals surface area contributed by atoms with E-state index < -0.39 is 12.2 Å². The van der Waals surface area contributed by atoms with Crippen LogP contribution in [-0.4, -0.2) is 80.6 Å². The maximum atomic E-state index is 12.6. The van der Waals surface area contributed by atoms with Crippen LogP contribution in [0, 0.1) is 41.4 Å². The molecule has 6 aromatic rings. The molecule has 10 bridgehead atoms. The fourth-order valence-corrected chi connectivity index (χ4v) is 17.8. The number of hydrogen-bond acceptors (Lipinski definition) is 11. The summed E-state index contributed by atoms with van der Waals surface area (Å²) < 4.78 is 29.9. The van der Waals surface area contributed by atoms with Crippen LogP contribution in [0.4, 0.5) is 0 Å². The summed E-state index contributed by atoms with van der Waals surface area (Å²) in [6, 6.07) is 26.9. The van der Waals surface area contributed by atoms with E-state index in [1.165, 1.54) is 36.0 Å². The summed E-state index contributed by atoms with van der Waals surface area (Å²) in [5, 5.41) is 66.4. The monoisotopic (exact) mass is 1160 g/mol. The third kappa shape index (κ3) is 9.76. The number of dihydropyridines is 1. The van der Waals surface area contributed by atoms with Gasteiger partial charge in [0.1, 0.15) is 36.2 Å². The Morgan fingerprint density at radius 2 is 1.69 bits per heavy atom. The highest BCUT2D eigenvalue weighted by Gasteiger charge is 2.63. The molecule has 6 aliphatic heterocycles. The first-order valence-electron chi connectivity index (χ1n) is 32.1. The normalized spacial score (nSPS) is 28.6. The zero-order valence-electron chi connectivity index (χ0n) is 49.5. The van der Waals surface area contributed by atoms with Crippen molar-refractivity contribution in [1.82, 2.24) is 15.2 Å². The Kier molecular flexibility index (Phi) is 14.7. The number of benzene rings is 5. The van der Waals surface area contributed by atoms with Gasteiger partial charge < -0.3 is 54.4 Å². The molecule has 1 unspecified atom stereocenters. The van der Waals surface area contributed by atoms with Crippen molar-refractivity contribution in [2.24, 2.45) is 29.6 Å². The van der Waals surface area contributed by atoms with Crippen LogP contribution in [0.1, 0.15) is 138 Å². The van der Waals surface area contributed by atoms with Gasteiger partial charge in [-0.25, -0.2) is 0 Å². The standard InChI is InChI=1S/C74H81N3O9/c1-83-43-75-68-36-51-17-14-44(11-12-45-15-24-62(80)52(29-45)30-46-7-5-10-58(79)31-46)13-16-47-20-25-65-69(51)72(76-68)77-38-53-32-57(74-56-22-18-48-8-6-9-49(70(48)74)21-26-67(74)73(85-42-56)27-3-2-4-28-73)33-55(61(53)39-77)41-84-71-59-23-19-50(63(81)37-66(47)86-65)34-60(59)54(40-78)35-64(71)82/h5-10,15,20,24-25,29,31-33,35-36,38-39,44,47,50,56,63,65-68,75-76,78-82H,2-4,11-13,16,18-19,21-23,26-28,30,34,37,40-43H2,1H3/t44-,47+,50+,56+,63-,65-,66+,67-,68?,74-/m0/s1. The van der Waals surface area contributed by atoms with Gasteiger partial charge in [0.25, 0.3) is 0 Å². The molecule has 0 amide bonds. The number of methoxy groups -OCH3 is 1. The van der Waals surface area contributed by atoms with Crippen LogP contribution in [0.2, 0.25) is 0 Å². The maximum Gasteiger partial charge on any atom is 0.164 e. The largest absolute Gasteiger partial charge is 0.508 e. The fourth-order valence-electron chi connectivity index (χ4n) is 17.8. The van der Waals surface area contributed by atoms with Gasteiger partial charge in [0.2, 0.25) is 0 Å². The Hall–Kier alpha value is -6.82. The molecular formula is C74H81N3O9. The van der Waals surface area contributed by atoms with Gasteiger partial charge in [-0.15, -0.1) is 0 Å². The van der Waals surface area contributed by atoms with Gasteiger partial charge in [-0.1, -0.05) is 91.8 Å². The molecule has 10 atom stereocenters. The predicted octanol–water partition coefficient (Wildman–Crippen LogP) is 11.6. The third-order valence-electron chi connectivity index (χ3n) is 21.9. The van der Waals surface area contributed by atoms with Crippen LogP contribution in [0.15, 0.2) is 121 Å². The minimum Gasteiger partial charge on any atom is -0.508 e.